The number of nitrogens with one attached hydrogen (secondary N) is 1. The Morgan fingerprint density at radius 2 is 1.38 bits per heavy atom. The second-order valence-electron chi connectivity index (χ2n) is 12.0. The molecule has 0 aromatic heterocycles. The Morgan fingerprint density at radius 3 is 1.92 bits per heavy atom. The van der Waals surface area contributed by atoms with Crippen LogP contribution in [0, 0.1) is 0 Å². The summed E-state index contributed by atoms with van der Waals surface area (Å²) in [6.07, 6.45) is 17.7. The first kappa shape index (κ1) is 37.1. The average Bonchev–Trinajstić information content (AvgIpc) is 2.86. The molecule has 0 fully saturated rings. The van der Waals surface area contributed by atoms with E-state index in [1.807, 2.05) is 26.8 Å². The molecule has 0 aliphatic rings. The lowest BCUT2D eigenvalue weighted by molar-refractivity contribution is -0.169. The second-order valence-corrected chi connectivity index (χ2v) is 12.0. The third-order valence-corrected chi connectivity index (χ3v) is 6.20. The lowest BCUT2D eigenvalue weighted by Crippen LogP contribution is -2.42. The zero-order chi connectivity index (χ0) is 29.6. The molecule has 0 aromatic rings. The fourth-order valence-electron chi connectivity index (χ4n) is 3.87. The molecule has 0 radical (unpaired) electrons. The van der Waals surface area contributed by atoms with Crippen LogP contribution in [-0.4, -0.2) is 60.0 Å². The number of carbonyl (C=O) groups excluding carboxylic acids is 3. The molecule has 1 unspecified atom stereocenters. The lowest BCUT2D eigenvalue weighted by Gasteiger charge is -2.29. The third kappa shape index (κ3) is 23.7. The van der Waals surface area contributed by atoms with E-state index >= 15 is 0 Å². The van der Waals surface area contributed by atoms with Gasteiger partial charge in [-0.15, -0.1) is 0 Å². The summed E-state index contributed by atoms with van der Waals surface area (Å²) in [7, 11) is 0. The Labute approximate surface area is 237 Å². The molecular formula is C31H57NO7. The molecule has 0 rings (SSSR count). The minimum atomic E-state index is -0.982. The van der Waals surface area contributed by atoms with Crippen molar-refractivity contribution in [3.63, 3.8) is 0 Å². The van der Waals surface area contributed by atoms with Crippen LogP contribution in [0.3, 0.4) is 0 Å². The van der Waals surface area contributed by atoms with Crippen LogP contribution >= 0.6 is 0 Å². The van der Waals surface area contributed by atoms with E-state index in [-0.39, 0.29) is 31.7 Å². The van der Waals surface area contributed by atoms with E-state index in [0.29, 0.717) is 6.41 Å². The summed E-state index contributed by atoms with van der Waals surface area (Å²) in [4.78, 5) is 35.2. The fourth-order valence-corrected chi connectivity index (χ4v) is 3.87. The maximum atomic E-state index is 12.1. The highest BCUT2D eigenvalue weighted by molar-refractivity contribution is 5.77. The van der Waals surface area contributed by atoms with Crippen LogP contribution in [-0.2, 0) is 28.6 Å². The molecule has 39 heavy (non-hydrogen) atoms. The third-order valence-electron chi connectivity index (χ3n) is 6.20. The van der Waals surface area contributed by atoms with Gasteiger partial charge < -0.3 is 24.6 Å². The Kier molecular flexibility index (Phi) is 20.8. The molecule has 8 heteroatoms. The van der Waals surface area contributed by atoms with Crippen LogP contribution in [0.5, 0.6) is 0 Å². The monoisotopic (exact) mass is 555 g/mol. The molecular weight excluding hydrogens is 498 g/mol. The molecule has 2 N–H and O–H groups in total. The van der Waals surface area contributed by atoms with Gasteiger partial charge in [-0.25, -0.2) is 0 Å². The molecule has 0 saturated heterocycles. The first-order valence-electron chi connectivity index (χ1n) is 15.0. The van der Waals surface area contributed by atoms with Gasteiger partial charge in [0.15, 0.2) is 0 Å². The van der Waals surface area contributed by atoms with Crippen molar-refractivity contribution in [3.8, 4) is 0 Å². The van der Waals surface area contributed by atoms with Gasteiger partial charge in [0.25, 0.3) is 0 Å². The number of ether oxygens (including phenoxy) is 3. The SMILES string of the molecule is CCCCCCCCCCCCC/C=C/[C@@H](O)C(COC(=O)CCC(=O)OC(C)(C)COC(C)(C)C)NC=O. The van der Waals surface area contributed by atoms with Crippen LogP contribution in [0.15, 0.2) is 12.2 Å². The van der Waals surface area contributed by atoms with Crippen molar-refractivity contribution in [1.82, 2.24) is 5.32 Å². The highest BCUT2D eigenvalue weighted by Crippen LogP contribution is 2.17. The van der Waals surface area contributed by atoms with Gasteiger partial charge in [0.1, 0.15) is 12.2 Å². The fraction of sp³-hybridized carbons (Fsp3) is 0.839. The first-order chi connectivity index (χ1) is 18.4. The number of rotatable bonds is 24. The Hall–Kier alpha value is -1.93. The molecule has 2 atom stereocenters. The maximum absolute atomic E-state index is 12.1. The molecule has 0 saturated carbocycles. The van der Waals surface area contributed by atoms with Crippen LogP contribution in [0.25, 0.3) is 0 Å². The normalized spacial score (nSPS) is 13.7. The summed E-state index contributed by atoms with van der Waals surface area (Å²) in [5.74, 6) is -1.13. The summed E-state index contributed by atoms with van der Waals surface area (Å²) in [5.41, 5.74) is -1.18. The van der Waals surface area contributed by atoms with Crippen molar-refractivity contribution < 1.29 is 33.7 Å². The van der Waals surface area contributed by atoms with Crippen LogP contribution in [0.2, 0.25) is 0 Å². The first-order valence-corrected chi connectivity index (χ1v) is 15.0. The molecule has 228 valence electrons. The molecule has 1 amide bonds. The number of amides is 1. The van der Waals surface area contributed by atoms with E-state index in [1.165, 1.54) is 57.8 Å². The van der Waals surface area contributed by atoms with E-state index < -0.39 is 29.7 Å². The summed E-state index contributed by atoms with van der Waals surface area (Å²) in [6.45, 7) is 11.5. The standard InChI is InChI=1S/C31H57NO7/c1-7-8-9-10-11-12-13-14-15-16-17-18-19-20-27(34)26(32-25-33)23-37-28(35)21-22-29(36)39-31(5,6)24-38-30(2,3)4/h19-20,25-27,34H,7-18,21-24H2,1-6H3,(H,32,33)/b20-19+/t26?,27-/m1/s1. The van der Waals surface area contributed by atoms with Crippen molar-refractivity contribution >= 4 is 18.3 Å². The number of aliphatic hydroxyl groups is 1. The number of hydrogen-bond donors (Lipinski definition) is 2. The van der Waals surface area contributed by atoms with Crippen molar-refractivity contribution in [3.05, 3.63) is 12.2 Å². The largest absolute Gasteiger partial charge is 0.463 e. The van der Waals surface area contributed by atoms with Gasteiger partial charge in [-0.05, 0) is 47.5 Å². The zero-order valence-corrected chi connectivity index (χ0v) is 25.6. The number of aliphatic hydroxyl groups excluding tert-OH is 1. The molecule has 8 nitrogen and oxygen atoms in total. The molecule has 0 aliphatic carbocycles. The smallest absolute Gasteiger partial charge is 0.306 e. The summed E-state index contributed by atoms with van der Waals surface area (Å²) in [6, 6.07) is -0.763. The number of esters is 2. The maximum Gasteiger partial charge on any atom is 0.306 e. The predicted octanol–water partition coefficient (Wildman–Crippen LogP) is 6.18. The second kappa shape index (κ2) is 21.8. The Bertz CT molecular complexity index is 685. The van der Waals surface area contributed by atoms with Gasteiger partial charge in [0.05, 0.1) is 37.2 Å². The van der Waals surface area contributed by atoms with Gasteiger partial charge in [-0.1, -0.05) is 83.3 Å². The van der Waals surface area contributed by atoms with Crippen LogP contribution < -0.4 is 5.32 Å². The van der Waals surface area contributed by atoms with Gasteiger partial charge in [-0.3, -0.25) is 14.4 Å². The van der Waals surface area contributed by atoms with Crippen molar-refractivity contribution in [1.29, 1.82) is 0 Å². The number of hydrogen-bond acceptors (Lipinski definition) is 7. The number of carbonyl (C=O) groups is 3. The predicted molar refractivity (Wildman–Crippen MR) is 155 cm³/mol. The van der Waals surface area contributed by atoms with E-state index in [0.717, 1.165) is 19.3 Å². The summed E-state index contributed by atoms with van der Waals surface area (Å²) < 4.78 is 16.3. The Balaban J connectivity index is 4.14. The average molecular weight is 556 g/mol. The van der Waals surface area contributed by atoms with Gasteiger partial charge in [0.2, 0.25) is 6.41 Å². The number of allylic oxidation sites excluding steroid dienone is 1. The minimum absolute atomic E-state index is 0.134. The van der Waals surface area contributed by atoms with E-state index in [2.05, 4.69) is 12.2 Å². The van der Waals surface area contributed by atoms with E-state index in [4.69, 9.17) is 14.2 Å². The lowest BCUT2D eigenvalue weighted by atomic mass is 10.0. The number of unbranched alkanes of at least 4 members (excludes halogenated alkanes) is 11. The topological polar surface area (TPSA) is 111 Å². The molecule has 0 bridgehead atoms. The summed E-state index contributed by atoms with van der Waals surface area (Å²) >= 11 is 0. The minimum Gasteiger partial charge on any atom is -0.463 e. The van der Waals surface area contributed by atoms with E-state index in [1.54, 1.807) is 19.9 Å². The van der Waals surface area contributed by atoms with Crippen molar-refractivity contribution in [2.45, 2.75) is 155 Å². The van der Waals surface area contributed by atoms with Crippen LogP contribution in [0.4, 0.5) is 0 Å². The van der Waals surface area contributed by atoms with Gasteiger partial charge in [-0.2, -0.15) is 0 Å². The van der Waals surface area contributed by atoms with Crippen molar-refractivity contribution in [2.24, 2.45) is 0 Å². The quantitative estimate of drug-likeness (QED) is 0.0633. The van der Waals surface area contributed by atoms with E-state index in [9.17, 15) is 19.5 Å². The highest BCUT2D eigenvalue weighted by atomic mass is 16.6. The summed E-state index contributed by atoms with van der Waals surface area (Å²) in [5, 5.41) is 12.9. The van der Waals surface area contributed by atoms with Gasteiger partial charge >= 0.3 is 11.9 Å². The van der Waals surface area contributed by atoms with Crippen LogP contribution in [0.1, 0.15) is 131 Å². The Morgan fingerprint density at radius 1 is 0.846 bits per heavy atom. The van der Waals surface area contributed by atoms with Gasteiger partial charge in [0, 0.05) is 0 Å². The molecule has 0 heterocycles. The molecule has 0 aromatic carbocycles. The molecule has 0 aliphatic heterocycles. The zero-order valence-electron chi connectivity index (χ0n) is 25.6. The van der Waals surface area contributed by atoms with Crippen molar-refractivity contribution in [2.75, 3.05) is 13.2 Å². The molecule has 0 spiro atoms. The highest BCUT2D eigenvalue weighted by Gasteiger charge is 2.26.